The Bertz CT molecular complexity index is 608. The van der Waals surface area contributed by atoms with Crippen LogP contribution in [0.25, 0.3) is 0 Å². The monoisotopic (exact) mass is 296 g/mol. The van der Waals surface area contributed by atoms with Crippen LogP contribution in [-0.2, 0) is 5.60 Å². The van der Waals surface area contributed by atoms with E-state index in [0.29, 0.717) is 16.3 Å². The minimum Gasteiger partial charge on any atom is -0.384 e. The molecule has 0 fully saturated rings. The summed E-state index contributed by atoms with van der Waals surface area (Å²) >= 11 is 5.71. The fourth-order valence-corrected chi connectivity index (χ4v) is 1.92. The highest BCUT2D eigenvalue weighted by molar-refractivity contribution is 6.30. The number of amides is 1. The number of benzene rings is 1. The summed E-state index contributed by atoms with van der Waals surface area (Å²) in [6.45, 7) is 1.54. The topological polar surface area (TPSA) is 65.1 Å². The van der Waals surface area contributed by atoms with Gasteiger partial charge < -0.3 is 15.4 Å². The zero-order chi connectivity index (χ0) is 14.8. The average Bonchev–Trinajstić information content (AvgIpc) is 2.83. The quantitative estimate of drug-likeness (QED) is 0.811. The summed E-state index contributed by atoms with van der Waals surface area (Å²) in [5, 5.41) is 13.3. The molecular formula is C14H14ClFN2O2. The van der Waals surface area contributed by atoms with Gasteiger partial charge >= 0.3 is 0 Å². The molecule has 1 amide bonds. The van der Waals surface area contributed by atoms with E-state index in [9.17, 15) is 14.3 Å². The molecule has 0 saturated heterocycles. The maximum atomic E-state index is 12.8. The number of rotatable bonds is 4. The van der Waals surface area contributed by atoms with Crippen molar-refractivity contribution < 1.29 is 14.3 Å². The summed E-state index contributed by atoms with van der Waals surface area (Å²) < 4.78 is 12.8. The Morgan fingerprint density at radius 2 is 2.10 bits per heavy atom. The van der Waals surface area contributed by atoms with Crippen molar-refractivity contribution in [3.05, 3.63) is 58.6 Å². The molecule has 1 aromatic heterocycles. The molecule has 4 nitrogen and oxygen atoms in total. The zero-order valence-corrected chi connectivity index (χ0v) is 11.5. The van der Waals surface area contributed by atoms with E-state index in [1.807, 2.05) is 0 Å². The first kappa shape index (κ1) is 14.6. The van der Waals surface area contributed by atoms with E-state index < -0.39 is 5.60 Å². The molecule has 1 atom stereocenters. The van der Waals surface area contributed by atoms with Crippen molar-refractivity contribution in [3.63, 3.8) is 0 Å². The van der Waals surface area contributed by atoms with Gasteiger partial charge in [0.2, 0.25) is 0 Å². The Balaban J connectivity index is 2.02. The lowest BCUT2D eigenvalue weighted by Gasteiger charge is -2.24. The molecule has 0 aliphatic heterocycles. The fraction of sp³-hybridized carbons (Fsp3) is 0.214. The first-order valence-corrected chi connectivity index (χ1v) is 6.37. The number of carbonyl (C=O) groups is 1. The average molecular weight is 297 g/mol. The first-order chi connectivity index (χ1) is 9.38. The summed E-state index contributed by atoms with van der Waals surface area (Å²) in [4.78, 5) is 14.5. The number of hydrogen-bond acceptors (Lipinski definition) is 2. The van der Waals surface area contributed by atoms with Gasteiger partial charge in [-0.2, -0.15) is 0 Å². The Morgan fingerprint density at radius 3 is 2.65 bits per heavy atom. The van der Waals surface area contributed by atoms with Crippen LogP contribution in [0.15, 0.2) is 36.5 Å². The van der Waals surface area contributed by atoms with E-state index in [0.717, 1.165) is 0 Å². The third-order valence-corrected chi connectivity index (χ3v) is 3.17. The Morgan fingerprint density at radius 1 is 1.45 bits per heavy atom. The third kappa shape index (κ3) is 3.37. The summed E-state index contributed by atoms with van der Waals surface area (Å²) in [5.41, 5.74) is -0.464. The molecule has 1 aromatic carbocycles. The normalized spacial score (nSPS) is 13.8. The number of nitrogens with one attached hydrogen (secondary N) is 2. The van der Waals surface area contributed by atoms with Gasteiger partial charge in [0, 0.05) is 6.20 Å². The molecule has 0 aliphatic carbocycles. The van der Waals surface area contributed by atoms with Gasteiger partial charge in [-0.1, -0.05) is 23.7 Å². The number of halogens is 2. The maximum Gasteiger partial charge on any atom is 0.267 e. The summed E-state index contributed by atoms with van der Waals surface area (Å²) in [7, 11) is 0. The second kappa shape index (κ2) is 5.64. The van der Waals surface area contributed by atoms with Crippen LogP contribution in [0, 0.1) is 5.82 Å². The molecule has 0 radical (unpaired) electrons. The lowest BCUT2D eigenvalue weighted by Crippen LogP contribution is -2.38. The predicted molar refractivity (Wildman–Crippen MR) is 74.1 cm³/mol. The van der Waals surface area contributed by atoms with Gasteiger partial charge in [-0.15, -0.1) is 0 Å². The molecule has 2 aromatic rings. The fourth-order valence-electron chi connectivity index (χ4n) is 1.76. The lowest BCUT2D eigenvalue weighted by atomic mass is 9.96. The molecule has 1 unspecified atom stereocenters. The van der Waals surface area contributed by atoms with Gasteiger partial charge in [0.15, 0.2) is 0 Å². The van der Waals surface area contributed by atoms with Crippen LogP contribution in [0.1, 0.15) is 23.0 Å². The van der Waals surface area contributed by atoms with Crippen molar-refractivity contribution in [1.29, 1.82) is 0 Å². The number of aromatic nitrogens is 1. The molecule has 0 spiro atoms. The van der Waals surface area contributed by atoms with Gasteiger partial charge in [-0.25, -0.2) is 4.39 Å². The van der Waals surface area contributed by atoms with Gasteiger partial charge in [-0.05, 0) is 30.7 Å². The van der Waals surface area contributed by atoms with Gasteiger partial charge in [0.1, 0.15) is 17.1 Å². The van der Waals surface area contributed by atoms with Gasteiger partial charge in [0.25, 0.3) is 5.91 Å². The highest BCUT2D eigenvalue weighted by Crippen LogP contribution is 2.20. The smallest absolute Gasteiger partial charge is 0.267 e. The van der Waals surface area contributed by atoms with Crippen molar-refractivity contribution in [2.24, 2.45) is 0 Å². The molecule has 0 bridgehead atoms. The largest absolute Gasteiger partial charge is 0.384 e. The molecule has 20 heavy (non-hydrogen) atoms. The van der Waals surface area contributed by atoms with E-state index in [1.165, 1.54) is 36.5 Å². The van der Waals surface area contributed by atoms with Crippen molar-refractivity contribution in [1.82, 2.24) is 10.3 Å². The van der Waals surface area contributed by atoms with Crippen LogP contribution in [0.3, 0.4) is 0 Å². The SMILES string of the molecule is CC(O)(CNC(=O)c1cc(Cl)c[nH]1)c1ccc(F)cc1. The number of carbonyl (C=O) groups excluding carboxylic acids is 1. The van der Waals surface area contributed by atoms with Crippen LogP contribution in [-0.4, -0.2) is 22.5 Å². The summed E-state index contributed by atoms with van der Waals surface area (Å²) in [6.07, 6.45) is 1.49. The third-order valence-electron chi connectivity index (χ3n) is 2.95. The van der Waals surface area contributed by atoms with Crippen molar-refractivity contribution in [2.75, 3.05) is 6.54 Å². The summed E-state index contributed by atoms with van der Waals surface area (Å²) in [5.74, 6) is -0.756. The molecule has 3 N–H and O–H groups in total. The van der Waals surface area contributed by atoms with Crippen molar-refractivity contribution >= 4 is 17.5 Å². The molecule has 6 heteroatoms. The minimum atomic E-state index is -1.29. The van der Waals surface area contributed by atoms with Crippen LogP contribution < -0.4 is 5.32 Å². The number of aromatic amines is 1. The first-order valence-electron chi connectivity index (χ1n) is 5.99. The Labute approximate surface area is 120 Å². The van der Waals surface area contributed by atoms with Crippen LogP contribution >= 0.6 is 11.6 Å². The minimum absolute atomic E-state index is 0.00585. The molecular weight excluding hydrogens is 283 g/mol. The Kier molecular flexibility index (Phi) is 4.11. The van der Waals surface area contributed by atoms with Crippen molar-refractivity contribution in [3.8, 4) is 0 Å². The Hall–Kier alpha value is -1.85. The van der Waals surface area contributed by atoms with Crippen LogP contribution in [0.2, 0.25) is 5.02 Å². The zero-order valence-electron chi connectivity index (χ0n) is 10.8. The number of H-pyrrole nitrogens is 1. The van der Waals surface area contributed by atoms with Gasteiger partial charge in [-0.3, -0.25) is 4.79 Å². The predicted octanol–water partition coefficient (Wildman–Crippen LogP) is 2.44. The van der Waals surface area contributed by atoms with Crippen LogP contribution in [0.5, 0.6) is 0 Å². The second-order valence-electron chi connectivity index (χ2n) is 4.69. The van der Waals surface area contributed by atoms with E-state index in [1.54, 1.807) is 6.92 Å². The van der Waals surface area contributed by atoms with E-state index in [4.69, 9.17) is 11.6 Å². The van der Waals surface area contributed by atoms with E-state index in [2.05, 4.69) is 10.3 Å². The van der Waals surface area contributed by atoms with Crippen LogP contribution in [0.4, 0.5) is 4.39 Å². The molecule has 0 saturated carbocycles. The number of aliphatic hydroxyl groups is 1. The summed E-state index contributed by atoms with van der Waals surface area (Å²) in [6, 6.07) is 6.97. The second-order valence-corrected chi connectivity index (χ2v) is 5.13. The number of hydrogen-bond donors (Lipinski definition) is 3. The standard InChI is InChI=1S/C14H14ClFN2O2/c1-14(20,9-2-4-11(16)5-3-9)8-18-13(19)12-6-10(15)7-17-12/h2-7,17,20H,8H2,1H3,(H,18,19). The highest BCUT2D eigenvalue weighted by atomic mass is 35.5. The highest BCUT2D eigenvalue weighted by Gasteiger charge is 2.24. The maximum absolute atomic E-state index is 12.8. The van der Waals surface area contributed by atoms with Crippen molar-refractivity contribution in [2.45, 2.75) is 12.5 Å². The van der Waals surface area contributed by atoms with Gasteiger partial charge in [0.05, 0.1) is 11.6 Å². The van der Waals surface area contributed by atoms with E-state index >= 15 is 0 Å². The molecule has 0 aliphatic rings. The lowest BCUT2D eigenvalue weighted by molar-refractivity contribution is 0.0524. The molecule has 1 heterocycles. The molecule has 2 rings (SSSR count). The van der Waals surface area contributed by atoms with E-state index in [-0.39, 0.29) is 18.3 Å². The molecule has 106 valence electrons.